The van der Waals surface area contributed by atoms with E-state index >= 15 is 0 Å². The zero-order chi connectivity index (χ0) is 14.5. The van der Waals surface area contributed by atoms with E-state index in [9.17, 15) is 14.7 Å². The minimum absolute atomic E-state index is 0.0234. The molecule has 20 heavy (non-hydrogen) atoms. The number of hydrogen-bond acceptors (Lipinski definition) is 3. The molecule has 0 aromatic heterocycles. The molecule has 0 saturated heterocycles. The summed E-state index contributed by atoms with van der Waals surface area (Å²) in [6, 6.07) is 0.252. The van der Waals surface area contributed by atoms with Gasteiger partial charge in [0.05, 0.1) is 11.8 Å². The van der Waals surface area contributed by atoms with Crippen LogP contribution in [0.2, 0.25) is 0 Å². The maximum Gasteiger partial charge on any atom is 0.307 e. The smallest absolute Gasteiger partial charge is 0.307 e. The van der Waals surface area contributed by atoms with Crippen molar-refractivity contribution in [3.8, 4) is 0 Å². The molecule has 0 aliphatic heterocycles. The molecule has 0 radical (unpaired) electrons. The van der Waals surface area contributed by atoms with E-state index in [1.54, 1.807) is 0 Å². The van der Waals surface area contributed by atoms with Crippen LogP contribution in [0.3, 0.4) is 0 Å². The van der Waals surface area contributed by atoms with E-state index in [1.807, 2.05) is 11.8 Å². The van der Waals surface area contributed by atoms with Gasteiger partial charge in [-0.15, -0.1) is 0 Å². The fourth-order valence-corrected chi connectivity index (χ4v) is 4.23. The number of hydrogen-bond donors (Lipinski definition) is 2. The minimum atomic E-state index is -0.809. The summed E-state index contributed by atoms with van der Waals surface area (Å²) in [5, 5.41) is 13.1. The van der Waals surface area contributed by atoms with Crippen molar-refractivity contribution in [2.75, 3.05) is 6.26 Å². The van der Waals surface area contributed by atoms with Crippen LogP contribution in [0, 0.1) is 11.8 Å². The molecule has 0 aromatic rings. The lowest BCUT2D eigenvalue weighted by molar-refractivity contribution is -0.149. The van der Waals surface area contributed by atoms with Crippen LogP contribution in [-0.4, -0.2) is 34.5 Å². The van der Waals surface area contributed by atoms with Crippen molar-refractivity contribution in [1.82, 2.24) is 5.32 Å². The monoisotopic (exact) mass is 299 g/mol. The summed E-state index contributed by atoms with van der Waals surface area (Å²) in [4.78, 5) is 23.6. The summed E-state index contributed by atoms with van der Waals surface area (Å²) in [5.41, 5.74) is 0. The Labute approximate surface area is 125 Å². The second-order valence-corrected chi connectivity index (χ2v) is 7.19. The standard InChI is InChI=1S/C15H25NO3S/c1-20-11-8-6-10(7-9-11)16-14(17)12-4-2-3-5-13(12)15(18)19/h10-13H,2-9H2,1H3,(H,16,17)(H,18,19)/t10?,11?,12-,13+/m1/s1. The Morgan fingerprint density at radius 3 is 2.15 bits per heavy atom. The molecule has 2 saturated carbocycles. The van der Waals surface area contributed by atoms with Gasteiger partial charge in [0.25, 0.3) is 0 Å². The fourth-order valence-electron chi connectivity index (χ4n) is 3.49. The highest BCUT2D eigenvalue weighted by Crippen LogP contribution is 2.32. The predicted octanol–water partition coefficient (Wildman–Crippen LogP) is 2.67. The van der Waals surface area contributed by atoms with Crippen LogP contribution in [-0.2, 0) is 9.59 Å². The molecule has 0 spiro atoms. The summed E-state index contributed by atoms with van der Waals surface area (Å²) in [6.07, 6.45) is 9.78. The molecule has 1 amide bonds. The van der Waals surface area contributed by atoms with E-state index in [0.717, 1.165) is 50.2 Å². The second kappa shape index (κ2) is 7.34. The van der Waals surface area contributed by atoms with Gasteiger partial charge in [-0.25, -0.2) is 0 Å². The maximum absolute atomic E-state index is 12.4. The molecule has 4 nitrogen and oxygen atoms in total. The van der Waals surface area contributed by atoms with Gasteiger partial charge in [-0.05, 0) is 44.8 Å². The second-order valence-electron chi connectivity index (χ2n) is 6.05. The van der Waals surface area contributed by atoms with Gasteiger partial charge in [0.2, 0.25) is 5.91 Å². The first-order valence-corrected chi connectivity index (χ1v) is 8.96. The molecule has 2 rings (SSSR count). The van der Waals surface area contributed by atoms with E-state index in [0.29, 0.717) is 6.42 Å². The Bertz CT molecular complexity index is 353. The van der Waals surface area contributed by atoms with Crippen molar-refractivity contribution < 1.29 is 14.7 Å². The molecule has 5 heteroatoms. The Balaban J connectivity index is 1.86. The lowest BCUT2D eigenvalue weighted by Gasteiger charge is -2.32. The van der Waals surface area contributed by atoms with Crippen LogP contribution in [0.5, 0.6) is 0 Å². The molecule has 2 atom stereocenters. The van der Waals surface area contributed by atoms with Crippen LogP contribution in [0.1, 0.15) is 51.4 Å². The number of amides is 1. The van der Waals surface area contributed by atoms with Gasteiger partial charge in [0, 0.05) is 11.3 Å². The van der Waals surface area contributed by atoms with E-state index in [4.69, 9.17) is 0 Å². The van der Waals surface area contributed by atoms with Crippen molar-refractivity contribution in [3.05, 3.63) is 0 Å². The molecule has 0 aromatic carbocycles. The Kier molecular flexibility index (Phi) is 5.75. The molecule has 2 aliphatic rings. The van der Waals surface area contributed by atoms with Gasteiger partial charge in [0.1, 0.15) is 0 Å². The molecule has 0 unspecified atom stereocenters. The highest BCUT2D eigenvalue weighted by atomic mass is 32.2. The number of carbonyl (C=O) groups is 2. The molecular formula is C15H25NO3S. The van der Waals surface area contributed by atoms with Crippen LogP contribution >= 0.6 is 11.8 Å². The van der Waals surface area contributed by atoms with Crippen molar-refractivity contribution in [1.29, 1.82) is 0 Å². The average molecular weight is 299 g/mol. The third-order valence-corrected chi connectivity index (χ3v) is 5.91. The first kappa shape index (κ1) is 15.7. The highest BCUT2D eigenvalue weighted by molar-refractivity contribution is 7.99. The van der Waals surface area contributed by atoms with Crippen LogP contribution in [0.4, 0.5) is 0 Å². The molecule has 0 bridgehead atoms. The number of carbonyl (C=O) groups excluding carboxylic acids is 1. The lowest BCUT2D eigenvalue weighted by atomic mass is 9.78. The average Bonchev–Trinajstić information content (AvgIpc) is 2.48. The van der Waals surface area contributed by atoms with Crippen LogP contribution < -0.4 is 5.32 Å². The van der Waals surface area contributed by atoms with Gasteiger partial charge < -0.3 is 10.4 Å². The first-order valence-electron chi connectivity index (χ1n) is 7.67. The number of thioether (sulfide) groups is 1. The number of nitrogens with one attached hydrogen (secondary N) is 1. The van der Waals surface area contributed by atoms with Gasteiger partial charge in [-0.2, -0.15) is 11.8 Å². The van der Waals surface area contributed by atoms with Crippen molar-refractivity contribution in [2.24, 2.45) is 11.8 Å². The number of rotatable bonds is 4. The molecule has 2 aliphatic carbocycles. The predicted molar refractivity (Wildman–Crippen MR) is 80.8 cm³/mol. The Morgan fingerprint density at radius 2 is 1.60 bits per heavy atom. The largest absolute Gasteiger partial charge is 0.481 e. The number of carboxylic acids is 1. The van der Waals surface area contributed by atoms with E-state index in [1.165, 1.54) is 0 Å². The van der Waals surface area contributed by atoms with Crippen molar-refractivity contribution in [2.45, 2.75) is 62.7 Å². The van der Waals surface area contributed by atoms with Crippen molar-refractivity contribution >= 4 is 23.6 Å². The molecule has 0 heterocycles. The minimum Gasteiger partial charge on any atom is -0.481 e. The van der Waals surface area contributed by atoms with Crippen LogP contribution in [0.15, 0.2) is 0 Å². The summed E-state index contributed by atoms with van der Waals surface area (Å²) < 4.78 is 0. The molecule has 2 fully saturated rings. The lowest BCUT2D eigenvalue weighted by Crippen LogP contribution is -2.45. The van der Waals surface area contributed by atoms with Gasteiger partial charge in [0.15, 0.2) is 0 Å². The molecular weight excluding hydrogens is 274 g/mol. The topological polar surface area (TPSA) is 66.4 Å². The van der Waals surface area contributed by atoms with E-state index < -0.39 is 11.9 Å². The summed E-state index contributed by atoms with van der Waals surface area (Å²) in [5.74, 6) is -1.63. The quantitative estimate of drug-likeness (QED) is 0.837. The molecule has 2 N–H and O–H groups in total. The van der Waals surface area contributed by atoms with E-state index in [-0.39, 0.29) is 17.9 Å². The number of aliphatic carboxylic acids is 1. The fraction of sp³-hybridized carbons (Fsp3) is 0.867. The normalized spacial score (nSPS) is 34.5. The number of carboxylic acid groups (broad SMARTS) is 1. The third kappa shape index (κ3) is 3.90. The SMILES string of the molecule is CSC1CCC(NC(=O)[C@@H]2CCCC[C@@H]2C(=O)O)CC1. The van der Waals surface area contributed by atoms with Crippen molar-refractivity contribution in [3.63, 3.8) is 0 Å². The first-order chi connectivity index (χ1) is 9.61. The highest BCUT2D eigenvalue weighted by Gasteiger charge is 2.36. The van der Waals surface area contributed by atoms with Gasteiger partial charge >= 0.3 is 5.97 Å². The van der Waals surface area contributed by atoms with Gasteiger partial charge in [-0.1, -0.05) is 12.8 Å². The summed E-state index contributed by atoms with van der Waals surface area (Å²) in [6.45, 7) is 0. The van der Waals surface area contributed by atoms with Crippen LogP contribution in [0.25, 0.3) is 0 Å². The Morgan fingerprint density at radius 1 is 1.00 bits per heavy atom. The summed E-state index contributed by atoms with van der Waals surface area (Å²) >= 11 is 1.91. The zero-order valence-electron chi connectivity index (χ0n) is 12.1. The molecule has 114 valence electrons. The summed E-state index contributed by atoms with van der Waals surface area (Å²) in [7, 11) is 0. The van der Waals surface area contributed by atoms with Gasteiger partial charge in [-0.3, -0.25) is 9.59 Å². The maximum atomic E-state index is 12.4. The third-order valence-electron chi connectivity index (χ3n) is 4.77. The zero-order valence-corrected chi connectivity index (χ0v) is 13.0. The van der Waals surface area contributed by atoms with E-state index in [2.05, 4.69) is 11.6 Å². The Hall–Kier alpha value is -0.710.